The SMILES string of the molecule is CCCCN(CCO)C(=O)[C@@H]1CCCCN1. The smallest absolute Gasteiger partial charge is 0.239 e. The molecule has 4 heteroatoms. The zero-order valence-electron chi connectivity index (χ0n) is 10.2. The van der Waals surface area contributed by atoms with Gasteiger partial charge in [0, 0.05) is 13.1 Å². The third kappa shape index (κ3) is 4.10. The molecule has 4 nitrogen and oxygen atoms in total. The van der Waals surface area contributed by atoms with Gasteiger partial charge in [0.1, 0.15) is 0 Å². The molecule has 1 aliphatic rings. The van der Waals surface area contributed by atoms with Gasteiger partial charge in [-0.1, -0.05) is 19.8 Å². The van der Waals surface area contributed by atoms with Crippen LogP contribution in [0.25, 0.3) is 0 Å². The van der Waals surface area contributed by atoms with Crippen LogP contribution in [0, 0.1) is 0 Å². The summed E-state index contributed by atoms with van der Waals surface area (Å²) in [6, 6.07) is -0.0165. The summed E-state index contributed by atoms with van der Waals surface area (Å²) in [6.45, 7) is 4.35. The van der Waals surface area contributed by atoms with E-state index in [0.29, 0.717) is 6.54 Å². The molecule has 0 saturated carbocycles. The summed E-state index contributed by atoms with van der Waals surface area (Å²) in [7, 11) is 0. The van der Waals surface area contributed by atoms with Crippen LogP contribution in [-0.2, 0) is 4.79 Å². The molecule has 0 aromatic heterocycles. The molecule has 1 fully saturated rings. The summed E-state index contributed by atoms with van der Waals surface area (Å²) in [5.41, 5.74) is 0. The molecule has 1 rings (SSSR count). The van der Waals surface area contributed by atoms with Gasteiger partial charge in [-0.15, -0.1) is 0 Å². The third-order valence-corrected chi connectivity index (χ3v) is 3.07. The number of unbranched alkanes of at least 4 members (excludes halogenated alkanes) is 1. The summed E-state index contributed by atoms with van der Waals surface area (Å²) in [6.07, 6.45) is 5.32. The van der Waals surface area contributed by atoms with Crippen LogP contribution in [-0.4, -0.2) is 48.2 Å². The number of amides is 1. The number of piperidine rings is 1. The Labute approximate surface area is 98.0 Å². The number of nitrogens with one attached hydrogen (secondary N) is 1. The minimum atomic E-state index is -0.0165. The van der Waals surface area contributed by atoms with Gasteiger partial charge in [0.15, 0.2) is 0 Å². The molecular weight excluding hydrogens is 204 g/mol. The molecule has 0 aromatic rings. The van der Waals surface area contributed by atoms with Gasteiger partial charge in [-0.2, -0.15) is 0 Å². The first-order valence-electron chi connectivity index (χ1n) is 6.42. The van der Waals surface area contributed by atoms with Crippen molar-refractivity contribution in [3.05, 3.63) is 0 Å². The Bertz CT molecular complexity index is 203. The van der Waals surface area contributed by atoms with Gasteiger partial charge in [-0.3, -0.25) is 4.79 Å². The maximum absolute atomic E-state index is 12.1. The number of aliphatic hydroxyl groups excluding tert-OH is 1. The topological polar surface area (TPSA) is 52.6 Å². The lowest BCUT2D eigenvalue weighted by Gasteiger charge is -2.29. The first-order chi connectivity index (χ1) is 7.79. The molecule has 1 heterocycles. The first kappa shape index (κ1) is 13.5. The van der Waals surface area contributed by atoms with Crippen molar-refractivity contribution in [3.8, 4) is 0 Å². The highest BCUT2D eigenvalue weighted by Crippen LogP contribution is 2.10. The zero-order valence-corrected chi connectivity index (χ0v) is 10.2. The maximum atomic E-state index is 12.1. The van der Waals surface area contributed by atoms with Gasteiger partial charge in [-0.05, 0) is 25.8 Å². The maximum Gasteiger partial charge on any atom is 0.239 e. The number of nitrogens with zero attached hydrogens (tertiary/aromatic N) is 1. The van der Waals surface area contributed by atoms with E-state index in [-0.39, 0.29) is 18.6 Å². The van der Waals surface area contributed by atoms with Crippen molar-refractivity contribution in [2.45, 2.75) is 45.1 Å². The molecule has 0 radical (unpaired) electrons. The second kappa shape index (κ2) is 7.63. The number of carbonyl (C=O) groups excluding carboxylic acids is 1. The normalized spacial score (nSPS) is 20.8. The molecular formula is C12H24N2O2. The first-order valence-corrected chi connectivity index (χ1v) is 6.42. The van der Waals surface area contributed by atoms with Gasteiger partial charge in [0.25, 0.3) is 0 Å². The molecule has 0 aliphatic carbocycles. The van der Waals surface area contributed by atoms with Crippen molar-refractivity contribution in [2.24, 2.45) is 0 Å². The van der Waals surface area contributed by atoms with Crippen LogP contribution >= 0.6 is 0 Å². The number of hydrogen-bond donors (Lipinski definition) is 2. The van der Waals surface area contributed by atoms with Gasteiger partial charge in [0.05, 0.1) is 12.6 Å². The Kier molecular flexibility index (Phi) is 6.42. The van der Waals surface area contributed by atoms with Crippen molar-refractivity contribution in [2.75, 3.05) is 26.2 Å². The monoisotopic (exact) mass is 228 g/mol. The summed E-state index contributed by atoms with van der Waals surface area (Å²) in [4.78, 5) is 13.9. The molecule has 0 spiro atoms. The second-order valence-electron chi connectivity index (χ2n) is 4.40. The molecule has 0 aromatic carbocycles. The van der Waals surface area contributed by atoms with Crippen molar-refractivity contribution >= 4 is 5.91 Å². The molecule has 94 valence electrons. The highest BCUT2D eigenvalue weighted by molar-refractivity contribution is 5.82. The predicted octanol–water partition coefficient (Wildman–Crippen LogP) is 0.750. The van der Waals surface area contributed by atoms with E-state index in [2.05, 4.69) is 12.2 Å². The quantitative estimate of drug-likeness (QED) is 0.705. The van der Waals surface area contributed by atoms with Crippen LogP contribution < -0.4 is 5.32 Å². The lowest BCUT2D eigenvalue weighted by Crippen LogP contribution is -2.49. The average Bonchev–Trinajstić information content (AvgIpc) is 2.35. The summed E-state index contributed by atoms with van der Waals surface area (Å²) in [5, 5.41) is 12.2. The fourth-order valence-electron chi connectivity index (χ4n) is 2.08. The van der Waals surface area contributed by atoms with Crippen LogP contribution in [0.1, 0.15) is 39.0 Å². The highest BCUT2D eigenvalue weighted by Gasteiger charge is 2.24. The van der Waals surface area contributed by atoms with Crippen LogP contribution in [0.15, 0.2) is 0 Å². The van der Waals surface area contributed by atoms with E-state index in [1.165, 1.54) is 6.42 Å². The number of hydrogen-bond acceptors (Lipinski definition) is 3. The predicted molar refractivity (Wildman–Crippen MR) is 64.2 cm³/mol. The largest absolute Gasteiger partial charge is 0.395 e. The van der Waals surface area contributed by atoms with E-state index in [1.807, 2.05) is 0 Å². The molecule has 16 heavy (non-hydrogen) atoms. The van der Waals surface area contributed by atoms with Crippen molar-refractivity contribution in [1.29, 1.82) is 0 Å². The van der Waals surface area contributed by atoms with Gasteiger partial charge in [0.2, 0.25) is 5.91 Å². The second-order valence-corrected chi connectivity index (χ2v) is 4.40. The van der Waals surface area contributed by atoms with E-state index in [4.69, 9.17) is 5.11 Å². The van der Waals surface area contributed by atoms with Crippen molar-refractivity contribution in [1.82, 2.24) is 10.2 Å². The Balaban J connectivity index is 2.44. The number of carbonyl (C=O) groups is 1. The fraction of sp³-hybridized carbons (Fsp3) is 0.917. The molecule has 1 saturated heterocycles. The van der Waals surface area contributed by atoms with E-state index in [9.17, 15) is 4.79 Å². The van der Waals surface area contributed by atoms with Crippen LogP contribution in [0.4, 0.5) is 0 Å². The molecule has 1 aliphatic heterocycles. The Morgan fingerprint density at radius 1 is 1.44 bits per heavy atom. The molecule has 1 atom stereocenters. The van der Waals surface area contributed by atoms with E-state index in [1.54, 1.807) is 4.90 Å². The minimum Gasteiger partial charge on any atom is -0.395 e. The Morgan fingerprint density at radius 3 is 2.81 bits per heavy atom. The lowest BCUT2D eigenvalue weighted by molar-refractivity contribution is -0.134. The number of rotatable bonds is 6. The lowest BCUT2D eigenvalue weighted by atomic mass is 10.0. The summed E-state index contributed by atoms with van der Waals surface area (Å²) < 4.78 is 0. The van der Waals surface area contributed by atoms with Gasteiger partial charge in [-0.25, -0.2) is 0 Å². The molecule has 0 unspecified atom stereocenters. The van der Waals surface area contributed by atoms with E-state index < -0.39 is 0 Å². The number of aliphatic hydroxyl groups is 1. The minimum absolute atomic E-state index is 0.0165. The summed E-state index contributed by atoms with van der Waals surface area (Å²) in [5.74, 6) is 0.169. The van der Waals surface area contributed by atoms with E-state index in [0.717, 1.165) is 38.8 Å². The zero-order chi connectivity index (χ0) is 11.8. The van der Waals surface area contributed by atoms with Crippen LogP contribution in [0.3, 0.4) is 0 Å². The Hall–Kier alpha value is -0.610. The van der Waals surface area contributed by atoms with Crippen molar-refractivity contribution in [3.63, 3.8) is 0 Å². The highest BCUT2D eigenvalue weighted by atomic mass is 16.3. The molecule has 1 amide bonds. The van der Waals surface area contributed by atoms with Gasteiger partial charge >= 0.3 is 0 Å². The van der Waals surface area contributed by atoms with E-state index >= 15 is 0 Å². The molecule has 0 bridgehead atoms. The third-order valence-electron chi connectivity index (χ3n) is 3.07. The summed E-state index contributed by atoms with van der Waals surface area (Å²) >= 11 is 0. The fourth-order valence-corrected chi connectivity index (χ4v) is 2.08. The molecule has 2 N–H and O–H groups in total. The average molecular weight is 228 g/mol. The van der Waals surface area contributed by atoms with Crippen LogP contribution in [0.5, 0.6) is 0 Å². The Morgan fingerprint density at radius 2 is 2.25 bits per heavy atom. The van der Waals surface area contributed by atoms with Crippen molar-refractivity contribution < 1.29 is 9.90 Å². The standard InChI is InChI=1S/C12H24N2O2/c1-2-3-8-14(9-10-15)12(16)11-6-4-5-7-13-11/h11,13,15H,2-10H2,1H3/t11-/m0/s1. The van der Waals surface area contributed by atoms with Gasteiger partial charge < -0.3 is 15.3 Å². The van der Waals surface area contributed by atoms with Crippen LogP contribution in [0.2, 0.25) is 0 Å².